The van der Waals surface area contributed by atoms with Crippen LogP contribution in [0.15, 0.2) is 36.5 Å². The molecule has 0 saturated heterocycles. The summed E-state index contributed by atoms with van der Waals surface area (Å²) in [7, 11) is 1.97. The fourth-order valence-corrected chi connectivity index (χ4v) is 1.80. The van der Waals surface area contributed by atoms with Crippen LogP contribution in [0.25, 0.3) is 11.3 Å². The highest BCUT2D eigenvalue weighted by atomic mass is 15.2. The minimum Gasteiger partial charge on any atom is -0.268 e. The third-order valence-corrected chi connectivity index (χ3v) is 2.87. The molecule has 0 aliphatic heterocycles. The Morgan fingerprint density at radius 1 is 1.00 bits per heavy atom. The van der Waals surface area contributed by atoms with Gasteiger partial charge < -0.3 is 0 Å². The summed E-state index contributed by atoms with van der Waals surface area (Å²) in [5.41, 5.74) is 3.94. The molecule has 0 spiro atoms. The van der Waals surface area contributed by atoms with Crippen LogP contribution in [0.4, 0.5) is 0 Å². The highest BCUT2D eigenvalue weighted by Crippen LogP contribution is 2.25. The molecule has 84 valence electrons. The Bertz CT molecular complexity index is 472. The maximum Gasteiger partial charge on any atom is 0.0678 e. The molecule has 16 heavy (non-hydrogen) atoms. The number of aromatic nitrogens is 2. The van der Waals surface area contributed by atoms with Crippen molar-refractivity contribution in [1.82, 2.24) is 9.78 Å². The lowest BCUT2D eigenvalue weighted by Gasteiger charge is -2.19. The molecule has 2 rings (SSSR count). The average Bonchev–Trinajstić information content (AvgIpc) is 2.63. The summed E-state index contributed by atoms with van der Waals surface area (Å²) in [6.07, 6.45) is 1.83. The first-order valence-electron chi connectivity index (χ1n) is 5.57. The molecule has 2 aromatic rings. The molecule has 0 fully saturated rings. The Labute approximate surface area is 96.9 Å². The molecule has 0 radical (unpaired) electrons. The number of hydrogen-bond donors (Lipinski definition) is 0. The standard InChI is InChI=1S/C14H18N2/c1-14(2,3)12-7-5-11(6-8-12)13-9-10-15-16(13)4/h5-10H,1-4H3. The number of hydrogen-bond acceptors (Lipinski definition) is 1. The van der Waals surface area contributed by atoms with E-state index in [9.17, 15) is 0 Å². The van der Waals surface area contributed by atoms with E-state index in [2.05, 4.69) is 50.1 Å². The van der Waals surface area contributed by atoms with E-state index in [4.69, 9.17) is 0 Å². The molecule has 1 aromatic heterocycles. The van der Waals surface area contributed by atoms with E-state index in [0.717, 1.165) is 5.69 Å². The van der Waals surface area contributed by atoms with Crippen molar-refractivity contribution in [3.8, 4) is 11.3 Å². The Morgan fingerprint density at radius 3 is 2.06 bits per heavy atom. The van der Waals surface area contributed by atoms with Crippen LogP contribution < -0.4 is 0 Å². The van der Waals surface area contributed by atoms with E-state index in [-0.39, 0.29) is 5.41 Å². The van der Waals surface area contributed by atoms with E-state index < -0.39 is 0 Å². The van der Waals surface area contributed by atoms with E-state index >= 15 is 0 Å². The predicted octanol–water partition coefficient (Wildman–Crippen LogP) is 3.38. The maximum atomic E-state index is 4.18. The summed E-state index contributed by atoms with van der Waals surface area (Å²) in [6.45, 7) is 6.68. The van der Waals surface area contributed by atoms with Gasteiger partial charge in [0.1, 0.15) is 0 Å². The van der Waals surface area contributed by atoms with Gasteiger partial charge in [-0.25, -0.2) is 0 Å². The lowest BCUT2D eigenvalue weighted by Crippen LogP contribution is -2.10. The smallest absolute Gasteiger partial charge is 0.0678 e. The first kappa shape index (κ1) is 10.9. The van der Waals surface area contributed by atoms with Crippen LogP contribution in [0.5, 0.6) is 0 Å². The summed E-state index contributed by atoms with van der Waals surface area (Å²) in [5.74, 6) is 0. The van der Waals surface area contributed by atoms with Crippen LogP contribution in [0.2, 0.25) is 0 Å². The number of benzene rings is 1. The molecule has 0 aliphatic carbocycles. The topological polar surface area (TPSA) is 17.8 Å². The van der Waals surface area contributed by atoms with E-state index in [0.29, 0.717) is 0 Å². The molecule has 0 bridgehead atoms. The molecule has 0 amide bonds. The lowest BCUT2D eigenvalue weighted by atomic mass is 9.86. The molecule has 0 aliphatic rings. The van der Waals surface area contributed by atoms with Crippen molar-refractivity contribution >= 4 is 0 Å². The zero-order valence-electron chi connectivity index (χ0n) is 10.4. The molecular formula is C14H18N2. The number of nitrogens with zero attached hydrogens (tertiary/aromatic N) is 2. The van der Waals surface area contributed by atoms with Crippen molar-refractivity contribution in [3.05, 3.63) is 42.1 Å². The van der Waals surface area contributed by atoms with Gasteiger partial charge in [0, 0.05) is 13.2 Å². The van der Waals surface area contributed by atoms with Crippen LogP contribution >= 0.6 is 0 Å². The second kappa shape index (κ2) is 3.78. The summed E-state index contributed by atoms with van der Waals surface area (Å²) in [6, 6.07) is 10.8. The van der Waals surface area contributed by atoms with Gasteiger partial charge in [-0.05, 0) is 22.6 Å². The Morgan fingerprint density at radius 2 is 1.62 bits per heavy atom. The fraction of sp³-hybridized carbons (Fsp3) is 0.357. The predicted molar refractivity (Wildman–Crippen MR) is 67.3 cm³/mol. The molecule has 2 nitrogen and oxygen atoms in total. The summed E-state index contributed by atoms with van der Waals surface area (Å²) in [4.78, 5) is 0. The SMILES string of the molecule is Cn1nccc1-c1ccc(C(C)(C)C)cc1. The van der Waals surface area contributed by atoms with Gasteiger partial charge in [0.25, 0.3) is 0 Å². The first-order chi connectivity index (χ1) is 7.48. The maximum absolute atomic E-state index is 4.18. The summed E-state index contributed by atoms with van der Waals surface area (Å²) < 4.78 is 1.89. The molecule has 0 N–H and O–H groups in total. The van der Waals surface area contributed by atoms with Crippen molar-refractivity contribution in [2.75, 3.05) is 0 Å². The third-order valence-electron chi connectivity index (χ3n) is 2.87. The minimum absolute atomic E-state index is 0.213. The van der Waals surface area contributed by atoms with Crippen molar-refractivity contribution in [3.63, 3.8) is 0 Å². The molecular weight excluding hydrogens is 196 g/mol. The number of aryl methyl sites for hydroxylation is 1. The largest absolute Gasteiger partial charge is 0.268 e. The molecule has 1 heterocycles. The van der Waals surface area contributed by atoms with Crippen LogP contribution in [0, 0.1) is 0 Å². The molecule has 0 saturated carbocycles. The second-order valence-electron chi connectivity index (χ2n) is 5.17. The first-order valence-corrected chi connectivity index (χ1v) is 5.57. The molecule has 2 heteroatoms. The average molecular weight is 214 g/mol. The van der Waals surface area contributed by atoms with Gasteiger partial charge >= 0.3 is 0 Å². The zero-order chi connectivity index (χ0) is 11.8. The quantitative estimate of drug-likeness (QED) is 0.711. The van der Waals surface area contributed by atoms with E-state index in [1.54, 1.807) is 0 Å². The third kappa shape index (κ3) is 2.01. The van der Waals surface area contributed by atoms with Gasteiger partial charge in [-0.15, -0.1) is 0 Å². The molecule has 1 aromatic carbocycles. The van der Waals surface area contributed by atoms with Gasteiger partial charge in [-0.3, -0.25) is 4.68 Å². The van der Waals surface area contributed by atoms with Crippen LogP contribution in [0.3, 0.4) is 0 Å². The van der Waals surface area contributed by atoms with E-state index in [1.807, 2.05) is 24.0 Å². The van der Waals surface area contributed by atoms with Crippen molar-refractivity contribution in [1.29, 1.82) is 0 Å². The molecule has 0 unspecified atom stereocenters. The zero-order valence-corrected chi connectivity index (χ0v) is 10.4. The fourth-order valence-electron chi connectivity index (χ4n) is 1.80. The van der Waals surface area contributed by atoms with Gasteiger partial charge in [0.15, 0.2) is 0 Å². The van der Waals surface area contributed by atoms with Gasteiger partial charge in [-0.2, -0.15) is 5.10 Å². The Kier molecular flexibility index (Phi) is 2.58. The Hall–Kier alpha value is -1.57. The monoisotopic (exact) mass is 214 g/mol. The normalized spacial score (nSPS) is 11.8. The Balaban J connectivity index is 2.37. The molecule has 0 atom stereocenters. The summed E-state index contributed by atoms with van der Waals surface area (Å²) in [5, 5.41) is 4.18. The van der Waals surface area contributed by atoms with Crippen molar-refractivity contribution in [2.24, 2.45) is 7.05 Å². The lowest BCUT2D eigenvalue weighted by molar-refractivity contribution is 0.590. The highest BCUT2D eigenvalue weighted by Gasteiger charge is 2.13. The van der Waals surface area contributed by atoms with E-state index in [1.165, 1.54) is 11.1 Å². The van der Waals surface area contributed by atoms with Gasteiger partial charge in [0.2, 0.25) is 0 Å². The van der Waals surface area contributed by atoms with Crippen molar-refractivity contribution < 1.29 is 0 Å². The van der Waals surface area contributed by atoms with Crippen molar-refractivity contribution in [2.45, 2.75) is 26.2 Å². The van der Waals surface area contributed by atoms with Gasteiger partial charge in [-0.1, -0.05) is 45.0 Å². The van der Waals surface area contributed by atoms with Gasteiger partial charge in [0.05, 0.1) is 5.69 Å². The second-order valence-corrected chi connectivity index (χ2v) is 5.17. The minimum atomic E-state index is 0.213. The number of rotatable bonds is 1. The summed E-state index contributed by atoms with van der Waals surface area (Å²) >= 11 is 0. The van der Waals surface area contributed by atoms with Crippen LogP contribution in [-0.2, 0) is 12.5 Å². The van der Waals surface area contributed by atoms with Crippen LogP contribution in [-0.4, -0.2) is 9.78 Å². The van der Waals surface area contributed by atoms with Crippen LogP contribution in [0.1, 0.15) is 26.3 Å². The highest BCUT2D eigenvalue weighted by molar-refractivity contribution is 5.59.